The summed E-state index contributed by atoms with van der Waals surface area (Å²) in [6.07, 6.45) is 3.52. The number of aryl methyl sites for hydroxylation is 1. The smallest absolute Gasteiger partial charge is 0.345 e. The summed E-state index contributed by atoms with van der Waals surface area (Å²) in [4.78, 5) is 37.3. The van der Waals surface area contributed by atoms with Gasteiger partial charge >= 0.3 is 5.69 Å². The van der Waals surface area contributed by atoms with Gasteiger partial charge in [0.15, 0.2) is 0 Å². The Morgan fingerprint density at radius 3 is 2.47 bits per heavy atom. The molecule has 1 aliphatic rings. The van der Waals surface area contributed by atoms with Crippen molar-refractivity contribution < 1.29 is 9.90 Å². The minimum Gasteiger partial charge on any atom is -0.508 e. The predicted molar refractivity (Wildman–Crippen MR) is 115 cm³/mol. The van der Waals surface area contributed by atoms with Gasteiger partial charge in [0.25, 0.3) is 5.91 Å². The Bertz CT molecular complexity index is 1240. The van der Waals surface area contributed by atoms with Crippen LogP contribution >= 0.6 is 0 Å². The number of amides is 1. The molecule has 0 aliphatic carbocycles. The maximum Gasteiger partial charge on any atom is 0.345 e. The fraction of sp³-hybridized carbons (Fsp3) is 0.130. The molecule has 0 unspecified atom stereocenters. The van der Waals surface area contributed by atoms with Crippen LogP contribution in [0.1, 0.15) is 22.8 Å². The van der Waals surface area contributed by atoms with Crippen LogP contribution in [-0.2, 0) is 0 Å². The maximum atomic E-state index is 12.6. The molecule has 2 N–H and O–H groups in total. The van der Waals surface area contributed by atoms with E-state index in [1.165, 1.54) is 0 Å². The summed E-state index contributed by atoms with van der Waals surface area (Å²) in [5, 5.41) is 9.73. The van der Waals surface area contributed by atoms with Crippen LogP contribution < -0.4 is 5.69 Å². The van der Waals surface area contributed by atoms with Crippen molar-refractivity contribution in [3.05, 3.63) is 82.4 Å². The van der Waals surface area contributed by atoms with Gasteiger partial charge in [0.2, 0.25) is 0 Å². The third kappa shape index (κ3) is 3.91. The molecule has 0 fully saturated rings. The lowest BCUT2D eigenvalue weighted by atomic mass is 10.0. The van der Waals surface area contributed by atoms with Crippen molar-refractivity contribution in [1.29, 1.82) is 0 Å². The number of carbonyl (C=O) groups is 1. The van der Waals surface area contributed by atoms with Gasteiger partial charge in [-0.05, 0) is 67.4 Å². The molecule has 1 aromatic heterocycles. The number of nitrogens with zero attached hydrogens (tertiary/aromatic N) is 3. The lowest BCUT2D eigenvalue weighted by molar-refractivity contribution is 0.0824. The van der Waals surface area contributed by atoms with E-state index in [1.807, 2.05) is 6.92 Å². The van der Waals surface area contributed by atoms with Gasteiger partial charge in [0, 0.05) is 23.0 Å². The van der Waals surface area contributed by atoms with Crippen LogP contribution in [-0.4, -0.2) is 38.3 Å². The Labute approximate surface area is 173 Å². The monoisotopic (exact) mass is 400 g/mol. The van der Waals surface area contributed by atoms with E-state index in [-0.39, 0.29) is 11.7 Å². The maximum absolute atomic E-state index is 12.6. The Hall–Kier alpha value is -4.00. The van der Waals surface area contributed by atoms with Crippen LogP contribution in [0.15, 0.2) is 70.6 Å². The normalized spacial score (nSPS) is 13.3. The molecule has 4 rings (SSSR count). The minimum atomic E-state index is -0.472. The van der Waals surface area contributed by atoms with Crippen molar-refractivity contribution in [2.24, 2.45) is 4.99 Å². The second-order valence-electron chi connectivity index (χ2n) is 7.10. The fourth-order valence-electron chi connectivity index (χ4n) is 3.15. The van der Waals surface area contributed by atoms with Gasteiger partial charge in [-0.2, -0.15) is 4.98 Å². The second kappa shape index (κ2) is 7.79. The zero-order valence-corrected chi connectivity index (χ0v) is 16.6. The molecule has 1 aliphatic heterocycles. The lowest BCUT2D eigenvalue weighted by Crippen LogP contribution is -2.28. The van der Waals surface area contributed by atoms with E-state index in [1.54, 1.807) is 72.6 Å². The number of aromatic hydroxyl groups is 1. The van der Waals surface area contributed by atoms with Crippen molar-refractivity contribution in [3.63, 3.8) is 0 Å². The number of benzene rings is 2. The van der Waals surface area contributed by atoms with Crippen LogP contribution in [0, 0.1) is 6.92 Å². The van der Waals surface area contributed by atoms with Crippen molar-refractivity contribution in [3.8, 4) is 28.3 Å². The highest BCUT2D eigenvalue weighted by Crippen LogP contribution is 2.26. The summed E-state index contributed by atoms with van der Waals surface area (Å²) in [5.74, 6) is 0.0472. The fourth-order valence-corrected chi connectivity index (χ4v) is 3.15. The number of carbonyl (C=O) groups excluding carboxylic acids is 1. The van der Waals surface area contributed by atoms with E-state index in [2.05, 4.69) is 15.0 Å². The molecule has 0 saturated carbocycles. The Balaban J connectivity index is 1.62. The Morgan fingerprint density at radius 2 is 1.80 bits per heavy atom. The first-order chi connectivity index (χ1) is 14.4. The first-order valence-corrected chi connectivity index (χ1v) is 9.43. The van der Waals surface area contributed by atoms with E-state index in [0.717, 1.165) is 16.8 Å². The van der Waals surface area contributed by atoms with Gasteiger partial charge < -0.3 is 10.1 Å². The largest absolute Gasteiger partial charge is 0.508 e. The topological polar surface area (TPSA) is 98.7 Å². The van der Waals surface area contributed by atoms with Crippen molar-refractivity contribution in [1.82, 2.24) is 14.9 Å². The number of allylic oxidation sites excluding steroid dienone is 1. The third-order valence-corrected chi connectivity index (χ3v) is 4.91. The van der Waals surface area contributed by atoms with Crippen LogP contribution in [0.5, 0.6) is 5.75 Å². The van der Waals surface area contributed by atoms with Gasteiger partial charge in [-0.3, -0.25) is 14.7 Å². The molecular formula is C23H20N4O3. The van der Waals surface area contributed by atoms with Crippen molar-refractivity contribution in [2.45, 2.75) is 13.8 Å². The molecule has 2 heterocycles. The first-order valence-electron chi connectivity index (χ1n) is 9.43. The molecule has 0 saturated heterocycles. The summed E-state index contributed by atoms with van der Waals surface area (Å²) < 4.78 is 0. The van der Waals surface area contributed by atoms with Crippen molar-refractivity contribution >= 4 is 11.6 Å². The number of H-pyrrole nitrogens is 1. The molecule has 0 radical (unpaired) electrons. The van der Waals surface area contributed by atoms with Gasteiger partial charge in [-0.25, -0.2) is 4.79 Å². The van der Waals surface area contributed by atoms with E-state index < -0.39 is 5.69 Å². The van der Waals surface area contributed by atoms with Crippen LogP contribution in [0.3, 0.4) is 0 Å². The molecule has 7 nitrogen and oxygen atoms in total. The average molecular weight is 400 g/mol. The number of aliphatic imine (C=N–C) groups is 1. The zero-order chi connectivity index (χ0) is 21.3. The van der Waals surface area contributed by atoms with Crippen molar-refractivity contribution in [2.75, 3.05) is 6.67 Å². The highest BCUT2D eigenvalue weighted by molar-refractivity contribution is 5.98. The van der Waals surface area contributed by atoms with Gasteiger partial charge in [-0.15, -0.1) is 0 Å². The average Bonchev–Trinajstić information content (AvgIpc) is 2.75. The van der Waals surface area contributed by atoms with E-state index in [0.29, 0.717) is 29.2 Å². The number of aromatic nitrogens is 2. The zero-order valence-electron chi connectivity index (χ0n) is 16.6. The van der Waals surface area contributed by atoms with Gasteiger partial charge in [0.05, 0.1) is 11.4 Å². The summed E-state index contributed by atoms with van der Waals surface area (Å²) in [5.41, 5.74) is 4.23. The molecule has 150 valence electrons. The molecule has 2 aromatic carbocycles. The lowest BCUT2D eigenvalue weighted by Gasteiger charge is -2.19. The highest BCUT2D eigenvalue weighted by atomic mass is 16.3. The number of phenols is 1. The van der Waals surface area contributed by atoms with E-state index in [9.17, 15) is 14.7 Å². The molecule has 7 heteroatoms. The molecular weight excluding hydrogens is 380 g/mol. The standard InChI is InChI=1S/C23H20N4O3/c1-14-11-18(7-8-21(14)28)20-12-19(25-23(30)26-20)16-3-5-17(6-4-16)22(29)27-10-9-15(2)24-13-27/h3-12,28H,13H2,1-2H3,(H,25,26,30). The van der Waals surface area contributed by atoms with E-state index in [4.69, 9.17) is 0 Å². The molecule has 30 heavy (non-hydrogen) atoms. The number of hydrogen-bond donors (Lipinski definition) is 2. The molecule has 1 amide bonds. The number of hydrogen-bond acceptors (Lipinski definition) is 5. The first kappa shape index (κ1) is 19.3. The number of rotatable bonds is 3. The summed E-state index contributed by atoms with van der Waals surface area (Å²) in [6, 6.07) is 13.9. The van der Waals surface area contributed by atoms with Gasteiger partial charge in [-0.1, -0.05) is 12.1 Å². The quantitative estimate of drug-likeness (QED) is 0.703. The summed E-state index contributed by atoms with van der Waals surface area (Å²) in [6.45, 7) is 3.97. The molecule has 3 aromatic rings. The highest BCUT2D eigenvalue weighted by Gasteiger charge is 2.15. The van der Waals surface area contributed by atoms with E-state index >= 15 is 0 Å². The number of phenolic OH excluding ortho intramolecular Hbond substituents is 1. The Kier molecular flexibility index (Phi) is 5.02. The van der Waals surface area contributed by atoms with Gasteiger partial charge in [0.1, 0.15) is 12.4 Å². The predicted octanol–water partition coefficient (Wildman–Crippen LogP) is 3.51. The molecule has 0 spiro atoms. The number of nitrogens with one attached hydrogen (secondary N) is 1. The van der Waals surface area contributed by atoms with Crippen LogP contribution in [0.25, 0.3) is 22.5 Å². The summed E-state index contributed by atoms with van der Waals surface area (Å²) >= 11 is 0. The second-order valence-corrected chi connectivity index (χ2v) is 7.10. The molecule has 0 bridgehead atoms. The Morgan fingerprint density at radius 1 is 1.07 bits per heavy atom. The SMILES string of the molecule is CC1=NCN(C(=O)c2ccc(-c3cc(-c4ccc(O)c(C)c4)nc(=O)[nH]3)cc2)C=C1. The summed E-state index contributed by atoms with van der Waals surface area (Å²) in [7, 11) is 0. The number of aromatic amines is 1. The third-order valence-electron chi connectivity index (χ3n) is 4.91. The minimum absolute atomic E-state index is 0.141. The van der Waals surface area contributed by atoms with Crippen LogP contribution in [0.2, 0.25) is 0 Å². The van der Waals surface area contributed by atoms with Crippen LogP contribution in [0.4, 0.5) is 0 Å². The molecule has 0 atom stereocenters.